The van der Waals surface area contributed by atoms with Crippen LogP contribution in [0.2, 0.25) is 0 Å². The standard InChI is InChI=1S/C31H27FN2O5/c1-20-26(16-23-8-13-28(29(17-23)38-3)39-19-22-4-9-24(32)10-5-22)30(35)34(31(36)27(20)18-33)15-14-21-6-11-25(37-2)12-7-21/h4-13,16-17H,14-15,19H2,1-3H3/b26-16+. The number of nitriles is 1. The number of nitrogens with zero attached hydrogens (tertiary/aromatic N) is 2. The molecule has 7 nitrogen and oxygen atoms in total. The van der Waals surface area contributed by atoms with E-state index in [1.807, 2.05) is 30.3 Å². The Labute approximate surface area is 226 Å². The lowest BCUT2D eigenvalue weighted by molar-refractivity contribution is -0.140. The highest BCUT2D eigenvalue weighted by Gasteiger charge is 2.35. The fraction of sp³-hybridized carbons (Fsp3) is 0.194. The molecule has 0 fully saturated rings. The van der Waals surface area contributed by atoms with Crippen molar-refractivity contribution in [2.45, 2.75) is 20.0 Å². The third kappa shape index (κ3) is 6.16. The van der Waals surface area contributed by atoms with Crippen molar-refractivity contribution in [3.8, 4) is 23.3 Å². The molecule has 8 heteroatoms. The Hall–Kier alpha value is -4.90. The highest BCUT2D eigenvalue weighted by atomic mass is 19.1. The number of hydrogen-bond donors (Lipinski definition) is 0. The number of benzene rings is 3. The van der Waals surface area contributed by atoms with Gasteiger partial charge >= 0.3 is 0 Å². The van der Waals surface area contributed by atoms with E-state index >= 15 is 0 Å². The summed E-state index contributed by atoms with van der Waals surface area (Å²) in [4.78, 5) is 27.5. The quantitative estimate of drug-likeness (QED) is 0.279. The van der Waals surface area contributed by atoms with Crippen LogP contribution in [0.4, 0.5) is 4.39 Å². The minimum atomic E-state index is -0.604. The van der Waals surface area contributed by atoms with Gasteiger partial charge in [0, 0.05) is 12.1 Å². The van der Waals surface area contributed by atoms with Crippen LogP contribution in [0.3, 0.4) is 0 Å². The molecule has 0 bridgehead atoms. The van der Waals surface area contributed by atoms with E-state index in [1.54, 1.807) is 50.4 Å². The molecular formula is C31H27FN2O5. The number of rotatable bonds is 9. The van der Waals surface area contributed by atoms with Gasteiger partial charge in [-0.3, -0.25) is 14.5 Å². The zero-order valence-corrected chi connectivity index (χ0v) is 21.9. The molecule has 39 heavy (non-hydrogen) atoms. The van der Waals surface area contributed by atoms with E-state index in [2.05, 4.69) is 0 Å². The monoisotopic (exact) mass is 526 g/mol. The van der Waals surface area contributed by atoms with Gasteiger partial charge in [-0.25, -0.2) is 4.39 Å². The highest BCUT2D eigenvalue weighted by Crippen LogP contribution is 2.32. The Morgan fingerprint density at radius 1 is 0.897 bits per heavy atom. The Morgan fingerprint density at radius 3 is 2.23 bits per heavy atom. The maximum atomic E-state index is 13.4. The van der Waals surface area contributed by atoms with E-state index in [0.29, 0.717) is 34.8 Å². The van der Waals surface area contributed by atoms with Crippen molar-refractivity contribution < 1.29 is 28.2 Å². The molecule has 0 saturated carbocycles. The lowest BCUT2D eigenvalue weighted by Gasteiger charge is -2.27. The SMILES string of the molecule is COc1ccc(CCN2C(=O)C(C#N)=C(C)/C(=C\c3ccc(OCc4ccc(F)cc4)c(OC)c3)C2=O)cc1. The average molecular weight is 527 g/mol. The van der Waals surface area contributed by atoms with Crippen LogP contribution in [-0.2, 0) is 22.6 Å². The van der Waals surface area contributed by atoms with Gasteiger partial charge in [0.05, 0.1) is 14.2 Å². The zero-order valence-electron chi connectivity index (χ0n) is 21.9. The summed E-state index contributed by atoms with van der Waals surface area (Å²) < 4.78 is 29.7. The van der Waals surface area contributed by atoms with Gasteiger partial charge in [-0.15, -0.1) is 0 Å². The van der Waals surface area contributed by atoms with Gasteiger partial charge in [-0.05, 0) is 78.1 Å². The van der Waals surface area contributed by atoms with Gasteiger partial charge in [-0.1, -0.05) is 30.3 Å². The fourth-order valence-electron chi connectivity index (χ4n) is 4.17. The summed E-state index contributed by atoms with van der Waals surface area (Å²) in [7, 11) is 3.08. The molecule has 198 valence electrons. The summed E-state index contributed by atoms with van der Waals surface area (Å²) in [5.74, 6) is 0.218. The third-order valence-corrected chi connectivity index (χ3v) is 6.41. The molecule has 2 amide bonds. The van der Waals surface area contributed by atoms with Crippen molar-refractivity contribution in [1.29, 1.82) is 5.26 Å². The molecule has 0 atom stereocenters. The van der Waals surface area contributed by atoms with Crippen LogP contribution in [0.1, 0.15) is 23.6 Å². The molecule has 3 aromatic carbocycles. The number of amides is 2. The van der Waals surface area contributed by atoms with Crippen molar-refractivity contribution in [1.82, 2.24) is 4.90 Å². The van der Waals surface area contributed by atoms with Gasteiger partial charge in [-0.2, -0.15) is 5.26 Å². The van der Waals surface area contributed by atoms with E-state index in [9.17, 15) is 19.2 Å². The van der Waals surface area contributed by atoms with Crippen molar-refractivity contribution in [3.05, 3.63) is 106 Å². The van der Waals surface area contributed by atoms with E-state index in [4.69, 9.17) is 14.2 Å². The highest BCUT2D eigenvalue weighted by molar-refractivity contribution is 6.19. The first kappa shape index (κ1) is 27.1. The van der Waals surface area contributed by atoms with Gasteiger partial charge in [0.25, 0.3) is 11.8 Å². The van der Waals surface area contributed by atoms with Crippen LogP contribution >= 0.6 is 0 Å². The molecule has 0 spiro atoms. The molecule has 0 aliphatic carbocycles. The minimum Gasteiger partial charge on any atom is -0.497 e. The molecule has 0 radical (unpaired) electrons. The van der Waals surface area contributed by atoms with Crippen LogP contribution in [0.15, 0.2) is 83.4 Å². The molecule has 0 unspecified atom stereocenters. The van der Waals surface area contributed by atoms with Gasteiger partial charge < -0.3 is 14.2 Å². The summed E-state index contributed by atoms with van der Waals surface area (Å²) in [5, 5.41) is 9.68. The van der Waals surface area contributed by atoms with Gasteiger partial charge in [0.2, 0.25) is 0 Å². The summed E-state index contributed by atoms with van der Waals surface area (Å²) >= 11 is 0. The maximum Gasteiger partial charge on any atom is 0.271 e. The van der Waals surface area contributed by atoms with Gasteiger partial charge in [0.15, 0.2) is 11.5 Å². The van der Waals surface area contributed by atoms with Crippen molar-refractivity contribution >= 4 is 17.9 Å². The maximum absolute atomic E-state index is 13.4. The second-order valence-electron chi connectivity index (χ2n) is 8.86. The zero-order chi connectivity index (χ0) is 27.9. The molecule has 1 aliphatic rings. The molecule has 0 N–H and O–H groups in total. The largest absolute Gasteiger partial charge is 0.497 e. The van der Waals surface area contributed by atoms with Crippen LogP contribution in [0.5, 0.6) is 17.2 Å². The van der Waals surface area contributed by atoms with Crippen LogP contribution < -0.4 is 14.2 Å². The first-order chi connectivity index (χ1) is 18.8. The molecule has 0 saturated heterocycles. The Morgan fingerprint density at radius 2 is 1.59 bits per heavy atom. The normalized spacial score (nSPS) is 14.4. The number of methoxy groups -OCH3 is 2. The summed E-state index contributed by atoms with van der Waals surface area (Å²) in [6.07, 6.45) is 2.06. The predicted octanol–water partition coefficient (Wildman–Crippen LogP) is 5.26. The van der Waals surface area contributed by atoms with Gasteiger partial charge in [0.1, 0.15) is 29.8 Å². The topological polar surface area (TPSA) is 88.9 Å². The van der Waals surface area contributed by atoms with Crippen LogP contribution in [0, 0.1) is 17.1 Å². The summed E-state index contributed by atoms with van der Waals surface area (Å²) in [5.41, 5.74) is 2.85. The number of imide groups is 1. The van der Waals surface area contributed by atoms with E-state index < -0.39 is 11.8 Å². The predicted molar refractivity (Wildman–Crippen MR) is 143 cm³/mol. The number of hydrogen-bond acceptors (Lipinski definition) is 6. The number of ether oxygens (including phenoxy) is 3. The summed E-state index contributed by atoms with van der Waals surface area (Å²) in [6, 6.07) is 20.5. The van der Waals surface area contributed by atoms with Crippen LogP contribution in [-0.4, -0.2) is 37.5 Å². The minimum absolute atomic E-state index is 0.0678. The fourth-order valence-corrected chi connectivity index (χ4v) is 4.17. The number of carbonyl (C=O) groups excluding carboxylic acids is 2. The third-order valence-electron chi connectivity index (χ3n) is 6.41. The first-order valence-corrected chi connectivity index (χ1v) is 12.2. The van der Waals surface area contributed by atoms with E-state index in [0.717, 1.165) is 16.0 Å². The number of carbonyl (C=O) groups is 2. The molecule has 1 aliphatic heterocycles. The molecule has 3 aromatic rings. The summed E-state index contributed by atoms with van der Waals surface area (Å²) in [6.45, 7) is 1.94. The second kappa shape index (κ2) is 12.1. The lowest BCUT2D eigenvalue weighted by atomic mass is 9.93. The molecular weight excluding hydrogens is 499 g/mol. The first-order valence-electron chi connectivity index (χ1n) is 12.2. The average Bonchev–Trinajstić information content (AvgIpc) is 2.95. The van der Waals surface area contributed by atoms with Crippen molar-refractivity contribution in [2.24, 2.45) is 0 Å². The Kier molecular flexibility index (Phi) is 8.42. The van der Waals surface area contributed by atoms with Crippen molar-refractivity contribution in [3.63, 3.8) is 0 Å². The van der Waals surface area contributed by atoms with Crippen molar-refractivity contribution in [2.75, 3.05) is 20.8 Å². The smallest absolute Gasteiger partial charge is 0.271 e. The molecule has 0 aromatic heterocycles. The number of halogens is 1. The lowest BCUT2D eigenvalue weighted by Crippen LogP contribution is -2.43. The molecule has 1 heterocycles. The van der Waals surface area contributed by atoms with E-state index in [-0.39, 0.29) is 30.1 Å². The van der Waals surface area contributed by atoms with E-state index in [1.165, 1.54) is 19.2 Å². The Balaban J connectivity index is 1.57. The van der Waals surface area contributed by atoms with Crippen LogP contribution in [0.25, 0.3) is 6.08 Å². The molecule has 4 rings (SSSR count). The Bertz CT molecular complexity index is 1480. The second-order valence-corrected chi connectivity index (χ2v) is 8.86.